The van der Waals surface area contributed by atoms with Crippen LogP contribution in [-0.2, 0) is 21.4 Å². The third kappa shape index (κ3) is 6.63. The minimum Gasteiger partial charge on any atom is -0.481 e. The summed E-state index contributed by atoms with van der Waals surface area (Å²) in [5, 5.41) is 12.4. The van der Waals surface area contributed by atoms with Gasteiger partial charge in [0, 0.05) is 17.1 Å². The number of sulfonamides is 1. The summed E-state index contributed by atoms with van der Waals surface area (Å²) in [6.07, 6.45) is -0.274. The third-order valence-electron chi connectivity index (χ3n) is 4.05. The third-order valence-corrected chi connectivity index (χ3v) is 5.65. The van der Waals surface area contributed by atoms with Crippen LogP contribution in [0.25, 0.3) is 0 Å². The van der Waals surface area contributed by atoms with Gasteiger partial charge in [-0.15, -0.1) is 0 Å². The van der Waals surface area contributed by atoms with Gasteiger partial charge in [0.15, 0.2) is 0 Å². The number of amides is 1. The Kier molecular flexibility index (Phi) is 7.56. The van der Waals surface area contributed by atoms with Crippen LogP contribution in [0.3, 0.4) is 0 Å². The average molecular weight is 425 g/mol. The van der Waals surface area contributed by atoms with Crippen LogP contribution in [0.5, 0.6) is 0 Å². The maximum absolute atomic E-state index is 12.5. The molecular formula is C19H21ClN2O5S. The average Bonchev–Trinajstić information content (AvgIpc) is 2.66. The van der Waals surface area contributed by atoms with Gasteiger partial charge in [0.05, 0.1) is 18.2 Å². The molecule has 0 aliphatic rings. The fourth-order valence-electron chi connectivity index (χ4n) is 2.43. The second-order valence-corrected chi connectivity index (χ2v) is 8.63. The number of nitrogens with one attached hydrogen (secondary N) is 2. The number of hydrogen-bond acceptors (Lipinski definition) is 4. The molecule has 0 bridgehead atoms. The molecule has 1 unspecified atom stereocenters. The standard InChI is InChI=1S/C19H21ClN2O5S/c1-2-28(26,27)21-12-13-3-5-15(6-4-13)19(25)22-17(11-18(23)24)14-7-9-16(20)10-8-14/h3-10,17,21H,2,11-12H2,1H3,(H,22,25)(H,23,24). The first kappa shape index (κ1) is 21.9. The van der Waals surface area contributed by atoms with E-state index < -0.39 is 27.9 Å². The van der Waals surface area contributed by atoms with Crippen molar-refractivity contribution in [2.75, 3.05) is 5.75 Å². The largest absolute Gasteiger partial charge is 0.481 e. The number of carbonyl (C=O) groups is 2. The molecule has 0 radical (unpaired) electrons. The highest BCUT2D eigenvalue weighted by Gasteiger charge is 2.19. The smallest absolute Gasteiger partial charge is 0.305 e. The SMILES string of the molecule is CCS(=O)(=O)NCc1ccc(C(=O)NC(CC(=O)O)c2ccc(Cl)cc2)cc1. The molecule has 3 N–H and O–H groups in total. The summed E-state index contributed by atoms with van der Waals surface area (Å²) < 4.78 is 25.4. The fraction of sp³-hybridized carbons (Fsp3) is 0.263. The van der Waals surface area contributed by atoms with Crippen molar-refractivity contribution in [3.8, 4) is 0 Å². The Morgan fingerprint density at radius 3 is 2.21 bits per heavy atom. The molecule has 0 aliphatic carbocycles. The zero-order chi connectivity index (χ0) is 20.7. The molecule has 2 rings (SSSR count). The summed E-state index contributed by atoms with van der Waals surface area (Å²) in [6, 6.07) is 12.3. The molecule has 7 nitrogen and oxygen atoms in total. The summed E-state index contributed by atoms with van der Waals surface area (Å²) >= 11 is 5.86. The van der Waals surface area contributed by atoms with Gasteiger partial charge < -0.3 is 10.4 Å². The predicted molar refractivity (Wildman–Crippen MR) is 107 cm³/mol. The Hall–Kier alpha value is -2.42. The second kappa shape index (κ2) is 9.68. The molecule has 150 valence electrons. The van der Waals surface area contributed by atoms with Gasteiger partial charge in [0.1, 0.15) is 0 Å². The fourth-order valence-corrected chi connectivity index (χ4v) is 3.15. The second-order valence-electron chi connectivity index (χ2n) is 6.10. The van der Waals surface area contributed by atoms with Gasteiger partial charge in [0.25, 0.3) is 5.91 Å². The van der Waals surface area contributed by atoms with Gasteiger partial charge in [-0.2, -0.15) is 0 Å². The van der Waals surface area contributed by atoms with Crippen molar-refractivity contribution >= 4 is 33.5 Å². The summed E-state index contributed by atoms with van der Waals surface area (Å²) in [6.45, 7) is 1.68. The minimum atomic E-state index is -3.30. The van der Waals surface area contributed by atoms with Crippen molar-refractivity contribution in [1.29, 1.82) is 0 Å². The van der Waals surface area contributed by atoms with Gasteiger partial charge in [-0.1, -0.05) is 35.9 Å². The number of carboxylic acids is 1. The highest BCUT2D eigenvalue weighted by atomic mass is 35.5. The number of hydrogen-bond donors (Lipinski definition) is 3. The summed E-state index contributed by atoms with van der Waals surface area (Å²) in [5.41, 5.74) is 1.67. The summed E-state index contributed by atoms with van der Waals surface area (Å²) in [4.78, 5) is 23.7. The minimum absolute atomic E-state index is 0.0108. The van der Waals surface area contributed by atoms with E-state index in [0.717, 1.165) is 0 Å². The number of aliphatic carboxylic acids is 1. The van der Waals surface area contributed by atoms with Gasteiger partial charge >= 0.3 is 5.97 Å². The van der Waals surface area contributed by atoms with Crippen LogP contribution < -0.4 is 10.0 Å². The van der Waals surface area contributed by atoms with Gasteiger partial charge in [-0.25, -0.2) is 13.1 Å². The summed E-state index contributed by atoms with van der Waals surface area (Å²) in [5.74, 6) is -1.48. The van der Waals surface area contributed by atoms with Gasteiger partial charge in [-0.3, -0.25) is 9.59 Å². The lowest BCUT2D eigenvalue weighted by Crippen LogP contribution is -2.30. The Labute approximate surface area is 168 Å². The van der Waals surface area contributed by atoms with Crippen LogP contribution in [-0.4, -0.2) is 31.2 Å². The Morgan fingerprint density at radius 1 is 1.07 bits per heavy atom. The van der Waals surface area contributed by atoms with E-state index in [4.69, 9.17) is 16.7 Å². The topological polar surface area (TPSA) is 113 Å². The molecule has 2 aromatic rings. The molecule has 0 aromatic heterocycles. The normalized spacial score (nSPS) is 12.4. The molecular weight excluding hydrogens is 404 g/mol. The van der Waals surface area contributed by atoms with E-state index in [9.17, 15) is 18.0 Å². The first-order valence-electron chi connectivity index (χ1n) is 8.54. The lowest BCUT2D eigenvalue weighted by molar-refractivity contribution is -0.137. The molecule has 0 aliphatic heterocycles. The van der Waals surface area contributed by atoms with E-state index in [1.54, 1.807) is 55.5 Å². The maximum atomic E-state index is 12.5. The van der Waals surface area contributed by atoms with E-state index in [2.05, 4.69) is 10.0 Å². The van der Waals surface area contributed by atoms with Crippen molar-refractivity contribution in [3.63, 3.8) is 0 Å². The molecule has 0 heterocycles. The number of benzene rings is 2. The molecule has 1 atom stereocenters. The predicted octanol–water partition coefficient (Wildman–Crippen LogP) is 2.73. The lowest BCUT2D eigenvalue weighted by atomic mass is 10.0. The van der Waals surface area contributed by atoms with Crippen LogP contribution in [0.4, 0.5) is 0 Å². The number of rotatable bonds is 9. The van der Waals surface area contributed by atoms with E-state index >= 15 is 0 Å². The van der Waals surface area contributed by atoms with Crippen molar-refractivity contribution in [1.82, 2.24) is 10.0 Å². The van der Waals surface area contributed by atoms with E-state index in [1.165, 1.54) is 0 Å². The highest BCUT2D eigenvalue weighted by molar-refractivity contribution is 7.89. The van der Waals surface area contributed by atoms with Crippen LogP contribution in [0.2, 0.25) is 5.02 Å². The molecule has 0 saturated heterocycles. The van der Waals surface area contributed by atoms with Crippen LogP contribution in [0.1, 0.15) is 40.9 Å². The van der Waals surface area contributed by atoms with Crippen LogP contribution >= 0.6 is 11.6 Å². The van der Waals surface area contributed by atoms with E-state index in [1.807, 2.05) is 0 Å². The van der Waals surface area contributed by atoms with Crippen LogP contribution in [0, 0.1) is 0 Å². The Morgan fingerprint density at radius 2 is 1.68 bits per heavy atom. The zero-order valence-electron chi connectivity index (χ0n) is 15.2. The highest BCUT2D eigenvalue weighted by Crippen LogP contribution is 2.20. The first-order chi connectivity index (χ1) is 13.2. The number of carbonyl (C=O) groups excluding carboxylic acids is 1. The van der Waals surface area contributed by atoms with Crippen LogP contribution in [0.15, 0.2) is 48.5 Å². The molecule has 28 heavy (non-hydrogen) atoms. The molecule has 9 heteroatoms. The van der Waals surface area contributed by atoms with E-state index in [0.29, 0.717) is 21.7 Å². The van der Waals surface area contributed by atoms with Crippen molar-refractivity contribution < 1.29 is 23.1 Å². The zero-order valence-corrected chi connectivity index (χ0v) is 16.8. The van der Waals surface area contributed by atoms with Crippen molar-refractivity contribution in [2.45, 2.75) is 25.9 Å². The monoisotopic (exact) mass is 424 g/mol. The summed E-state index contributed by atoms with van der Waals surface area (Å²) in [7, 11) is -3.30. The van der Waals surface area contributed by atoms with Crippen molar-refractivity contribution in [3.05, 3.63) is 70.2 Å². The maximum Gasteiger partial charge on any atom is 0.305 e. The molecule has 0 spiro atoms. The number of carboxylic acid groups (broad SMARTS) is 1. The van der Waals surface area contributed by atoms with Gasteiger partial charge in [0.2, 0.25) is 10.0 Å². The quantitative estimate of drug-likeness (QED) is 0.572. The number of halogens is 1. The van der Waals surface area contributed by atoms with Gasteiger partial charge in [-0.05, 0) is 42.3 Å². The Balaban J connectivity index is 2.08. The van der Waals surface area contributed by atoms with Crippen molar-refractivity contribution in [2.24, 2.45) is 0 Å². The first-order valence-corrected chi connectivity index (χ1v) is 10.6. The molecule has 2 aromatic carbocycles. The Bertz CT molecular complexity index is 928. The molecule has 0 fully saturated rings. The molecule has 0 saturated carbocycles. The van der Waals surface area contributed by atoms with E-state index in [-0.39, 0.29) is 18.7 Å². The molecule has 1 amide bonds. The lowest BCUT2D eigenvalue weighted by Gasteiger charge is -2.18.